The molecular formula is C34H45N5O5. The van der Waals surface area contributed by atoms with Gasteiger partial charge in [0.15, 0.2) is 0 Å². The third-order valence-electron chi connectivity index (χ3n) is 9.70. The molecule has 44 heavy (non-hydrogen) atoms. The van der Waals surface area contributed by atoms with Gasteiger partial charge in [-0.1, -0.05) is 36.8 Å². The number of carbonyl (C=O) groups is 2. The van der Waals surface area contributed by atoms with Crippen LogP contribution < -0.4 is 5.56 Å². The molecule has 1 aliphatic carbocycles. The van der Waals surface area contributed by atoms with E-state index in [0.29, 0.717) is 62.4 Å². The minimum atomic E-state index is -1.11. The Morgan fingerprint density at radius 1 is 1.00 bits per heavy atom. The smallest absolute Gasteiger partial charge is 0.410 e. The molecule has 0 unspecified atom stereocenters. The van der Waals surface area contributed by atoms with Gasteiger partial charge in [0.1, 0.15) is 17.6 Å². The number of rotatable bonds is 6. The predicted molar refractivity (Wildman–Crippen MR) is 167 cm³/mol. The summed E-state index contributed by atoms with van der Waals surface area (Å²) in [6.07, 6.45) is 8.15. The molecule has 10 heteroatoms. The first-order valence-corrected chi connectivity index (χ1v) is 16.1. The molecule has 4 heterocycles. The van der Waals surface area contributed by atoms with E-state index in [2.05, 4.69) is 9.55 Å². The van der Waals surface area contributed by atoms with E-state index < -0.39 is 11.2 Å². The van der Waals surface area contributed by atoms with Crippen LogP contribution in [-0.2, 0) is 22.6 Å². The number of piperidine rings is 2. The number of likely N-dealkylation sites (tertiary alicyclic amines) is 2. The number of aliphatic hydroxyl groups is 1. The van der Waals surface area contributed by atoms with Crippen molar-refractivity contribution in [3.63, 3.8) is 0 Å². The number of aromatic nitrogens is 3. The zero-order valence-electron chi connectivity index (χ0n) is 26.2. The van der Waals surface area contributed by atoms with Gasteiger partial charge in [-0.2, -0.15) is 0 Å². The van der Waals surface area contributed by atoms with Gasteiger partial charge >= 0.3 is 6.09 Å². The van der Waals surface area contributed by atoms with Crippen LogP contribution in [0.15, 0.2) is 53.7 Å². The van der Waals surface area contributed by atoms with Gasteiger partial charge < -0.3 is 24.2 Å². The van der Waals surface area contributed by atoms with Crippen molar-refractivity contribution in [3.05, 3.63) is 64.8 Å². The van der Waals surface area contributed by atoms with E-state index in [1.165, 1.54) is 23.8 Å². The molecule has 2 atom stereocenters. The highest BCUT2D eigenvalue weighted by Gasteiger charge is 2.42. The van der Waals surface area contributed by atoms with Crippen LogP contribution in [0.5, 0.6) is 0 Å². The van der Waals surface area contributed by atoms with E-state index in [9.17, 15) is 19.5 Å². The lowest BCUT2D eigenvalue weighted by molar-refractivity contribution is -0.142. The molecule has 0 bridgehead atoms. The molecule has 1 N–H and O–H groups in total. The summed E-state index contributed by atoms with van der Waals surface area (Å²) in [5.41, 5.74) is -0.113. The molecule has 2 saturated heterocycles. The SMILES string of the molecule is CC(C)(C)OC(=O)N1CC[C@@H](C(=O)N2CCC(O)(Cn3cnc4c(ccn4CC4CCC4)c3=O)CC2)[C@H](c2ccccc2)C1. The molecular weight excluding hydrogens is 558 g/mol. The van der Waals surface area contributed by atoms with E-state index in [1.54, 1.807) is 11.2 Å². The fourth-order valence-electron chi connectivity index (χ4n) is 6.95. The third kappa shape index (κ3) is 6.41. The minimum absolute atomic E-state index is 0.0535. The normalized spacial score (nSPS) is 22.5. The van der Waals surface area contributed by atoms with Gasteiger partial charge in [0.2, 0.25) is 5.91 Å². The predicted octanol–water partition coefficient (Wildman–Crippen LogP) is 4.39. The summed E-state index contributed by atoms with van der Waals surface area (Å²) in [6, 6.07) is 11.7. The summed E-state index contributed by atoms with van der Waals surface area (Å²) in [4.78, 5) is 48.3. The first-order valence-electron chi connectivity index (χ1n) is 16.1. The van der Waals surface area contributed by atoms with E-state index in [1.807, 2.05) is 68.3 Å². The van der Waals surface area contributed by atoms with E-state index in [-0.39, 0.29) is 35.9 Å². The fraction of sp³-hybridized carbons (Fsp3) is 0.588. The van der Waals surface area contributed by atoms with Gasteiger partial charge in [-0.3, -0.25) is 14.2 Å². The first kappa shape index (κ1) is 30.4. The fourth-order valence-corrected chi connectivity index (χ4v) is 6.95. The zero-order chi connectivity index (χ0) is 31.1. The Morgan fingerprint density at radius 2 is 1.73 bits per heavy atom. The summed E-state index contributed by atoms with van der Waals surface area (Å²) >= 11 is 0. The Kier molecular flexibility index (Phi) is 8.30. The van der Waals surface area contributed by atoms with Crippen molar-refractivity contribution in [2.75, 3.05) is 26.2 Å². The van der Waals surface area contributed by atoms with E-state index in [4.69, 9.17) is 4.74 Å². The van der Waals surface area contributed by atoms with Crippen LogP contribution in [0.1, 0.15) is 70.8 Å². The monoisotopic (exact) mass is 603 g/mol. The Morgan fingerprint density at radius 3 is 2.39 bits per heavy atom. The maximum Gasteiger partial charge on any atom is 0.410 e. The molecule has 236 valence electrons. The largest absolute Gasteiger partial charge is 0.444 e. The molecule has 1 aromatic carbocycles. The maximum absolute atomic E-state index is 14.0. The summed E-state index contributed by atoms with van der Waals surface area (Å²) in [5, 5.41) is 12.1. The van der Waals surface area contributed by atoms with Crippen molar-refractivity contribution in [1.29, 1.82) is 0 Å². The van der Waals surface area contributed by atoms with Crippen LogP contribution in [0.25, 0.3) is 11.0 Å². The Labute approximate surface area is 258 Å². The molecule has 10 nitrogen and oxygen atoms in total. The van der Waals surface area contributed by atoms with Crippen LogP contribution in [0.3, 0.4) is 0 Å². The van der Waals surface area contributed by atoms with Crippen molar-refractivity contribution in [3.8, 4) is 0 Å². The van der Waals surface area contributed by atoms with Crippen LogP contribution in [-0.4, -0.2) is 78.4 Å². The summed E-state index contributed by atoms with van der Waals surface area (Å²) in [6.45, 7) is 8.27. The molecule has 3 fully saturated rings. The highest BCUT2D eigenvalue weighted by molar-refractivity contribution is 5.81. The lowest BCUT2D eigenvalue weighted by Crippen LogP contribution is -2.53. The average Bonchev–Trinajstić information content (AvgIpc) is 3.39. The molecule has 1 saturated carbocycles. The van der Waals surface area contributed by atoms with Crippen molar-refractivity contribution >= 4 is 23.0 Å². The Balaban J connectivity index is 1.11. The van der Waals surface area contributed by atoms with Crippen molar-refractivity contribution in [1.82, 2.24) is 23.9 Å². The molecule has 2 aliphatic heterocycles. The molecule has 3 aromatic rings. The maximum atomic E-state index is 14.0. The molecule has 2 aromatic heterocycles. The number of hydrogen-bond donors (Lipinski definition) is 1. The second-order valence-electron chi connectivity index (χ2n) is 14.1. The van der Waals surface area contributed by atoms with Gasteiger partial charge in [0, 0.05) is 50.8 Å². The van der Waals surface area contributed by atoms with Crippen molar-refractivity contribution in [2.24, 2.45) is 11.8 Å². The number of fused-ring (bicyclic) bond motifs is 1. The average molecular weight is 604 g/mol. The van der Waals surface area contributed by atoms with Gasteiger partial charge in [-0.15, -0.1) is 0 Å². The van der Waals surface area contributed by atoms with Gasteiger partial charge in [-0.05, 0) is 70.4 Å². The number of hydrogen-bond acceptors (Lipinski definition) is 6. The highest BCUT2D eigenvalue weighted by atomic mass is 16.6. The van der Waals surface area contributed by atoms with E-state index in [0.717, 1.165) is 12.1 Å². The molecule has 3 aliphatic rings. The first-order chi connectivity index (χ1) is 21.0. The summed E-state index contributed by atoms with van der Waals surface area (Å²) in [5.74, 6) is 0.279. The van der Waals surface area contributed by atoms with Gasteiger partial charge in [-0.25, -0.2) is 9.78 Å². The lowest BCUT2D eigenvalue weighted by Gasteiger charge is -2.43. The van der Waals surface area contributed by atoms with Crippen molar-refractivity contribution in [2.45, 2.75) is 89.5 Å². The van der Waals surface area contributed by atoms with Crippen LogP contribution in [0.2, 0.25) is 0 Å². The number of benzene rings is 1. The van der Waals surface area contributed by atoms with Crippen molar-refractivity contribution < 1.29 is 19.4 Å². The lowest BCUT2D eigenvalue weighted by atomic mass is 9.79. The van der Waals surface area contributed by atoms with Crippen LogP contribution >= 0.6 is 0 Å². The second-order valence-corrected chi connectivity index (χ2v) is 14.1. The minimum Gasteiger partial charge on any atom is -0.444 e. The summed E-state index contributed by atoms with van der Waals surface area (Å²) in [7, 11) is 0. The second kappa shape index (κ2) is 12.0. The number of carbonyl (C=O) groups excluding carboxylic acids is 2. The number of nitrogens with zero attached hydrogens (tertiary/aromatic N) is 5. The highest BCUT2D eigenvalue weighted by Crippen LogP contribution is 2.36. The molecule has 2 amide bonds. The topological polar surface area (TPSA) is 110 Å². The zero-order valence-corrected chi connectivity index (χ0v) is 26.2. The molecule has 0 radical (unpaired) electrons. The molecule has 0 spiro atoms. The number of amides is 2. The van der Waals surface area contributed by atoms with E-state index >= 15 is 0 Å². The van der Waals surface area contributed by atoms with Crippen LogP contribution in [0.4, 0.5) is 4.79 Å². The quantitative estimate of drug-likeness (QED) is 0.448. The standard InChI is InChI=1S/C34H45N5O5/c1-33(2,3)44-32(42)38-17-12-26(28(21-38)25-10-5-4-6-11-25)30(40)36-18-14-34(43,15-19-36)22-39-23-35-29-27(31(39)41)13-16-37(29)20-24-8-7-9-24/h4-6,10-11,13,16,23-24,26,28,43H,7-9,12,14-15,17-22H2,1-3H3/t26-,28+/m1/s1. The van der Waals surface area contributed by atoms with Gasteiger partial charge in [0.05, 0.1) is 17.5 Å². The third-order valence-corrected chi connectivity index (χ3v) is 9.70. The summed E-state index contributed by atoms with van der Waals surface area (Å²) < 4.78 is 9.23. The Bertz CT molecular complexity index is 1550. The number of ether oxygens (including phenoxy) is 1. The Hall–Kier alpha value is -3.66. The molecule has 6 rings (SSSR count). The van der Waals surface area contributed by atoms with Gasteiger partial charge in [0.25, 0.3) is 5.56 Å². The van der Waals surface area contributed by atoms with Crippen LogP contribution in [0, 0.1) is 11.8 Å².